The Morgan fingerprint density at radius 1 is 1.10 bits per heavy atom. The molecule has 0 fully saturated rings. The van der Waals surface area contributed by atoms with Crippen molar-refractivity contribution in [2.75, 3.05) is 5.73 Å². The van der Waals surface area contributed by atoms with Gasteiger partial charge in [0.05, 0.1) is 5.56 Å². The molecule has 0 saturated heterocycles. The molecule has 3 nitrogen and oxygen atoms in total. The zero-order chi connectivity index (χ0) is 15.0. The monoisotopic (exact) mass is 297 g/mol. The minimum Gasteiger partial charge on any atom is -0.383 e. The molecule has 0 spiro atoms. The van der Waals surface area contributed by atoms with Crippen molar-refractivity contribution in [3.63, 3.8) is 0 Å². The molecule has 3 rings (SSSR count). The molecule has 0 unspecified atom stereocenters. The van der Waals surface area contributed by atoms with Gasteiger partial charge < -0.3 is 5.73 Å². The summed E-state index contributed by atoms with van der Waals surface area (Å²) in [4.78, 5) is 0. The summed E-state index contributed by atoms with van der Waals surface area (Å²) in [5, 5.41) is 8.75. The quantitative estimate of drug-likeness (QED) is 0.772. The summed E-state index contributed by atoms with van der Waals surface area (Å²) in [7, 11) is 1.89. The highest BCUT2D eigenvalue weighted by Gasteiger charge is 2.17. The van der Waals surface area contributed by atoms with Gasteiger partial charge in [0.25, 0.3) is 0 Å². The number of nitrogens with zero attached hydrogens (tertiary/aromatic N) is 2. The molecule has 0 atom stereocenters. The van der Waals surface area contributed by atoms with Crippen LogP contribution in [0.5, 0.6) is 0 Å². The van der Waals surface area contributed by atoms with Crippen LogP contribution in [0.4, 0.5) is 5.82 Å². The van der Waals surface area contributed by atoms with Crippen LogP contribution in [-0.2, 0) is 7.05 Å². The first kappa shape index (κ1) is 13.9. The largest absolute Gasteiger partial charge is 0.383 e. The molecule has 0 saturated carbocycles. The van der Waals surface area contributed by atoms with Crippen molar-refractivity contribution < 1.29 is 0 Å². The maximum absolute atomic E-state index is 6.24. The molecule has 0 bridgehead atoms. The van der Waals surface area contributed by atoms with Gasteiger partial charge in [-0.15, -0.1) is 0 Å². The summed E-state index contributed by atoms with van der Waals surface area (Å²) < 4.78 is 1.75. The highest BCUT2D eigenvalue weighted by molar-refractivity contribution is 7.08. The van der Waals surface area contributed by atoms with Crippen molar-refractivity contribution in [2.45, 2.75) is 19.8 Å². The first-order chi connectivity index (χ1) is 10.1. The SMILES string of the molecule is CC(C)c1ccc(-c2c(-c3ccsc3)nn(C)c2N)cc1. The van der Waals surface area contributed by atoms with Crippen LogP contribution in [0.15, 0.2) is 41.1 Å². The standard InChI is InChI=1S/C17H19N3S/c1-11(2)12-4-6-13(7-5-12)15-16(14-8-9-21-10-14)19-20(3)17(15)18/h4-11H,18H2,1-3H3. The minimum absolute atomic E-state index is 0.529. The first-order valence-electron chi connectivity index (χ1n) is 7.03. The molecule has 21 heavy (non-hydrogen) atoms. The molecule has 2 N–H and O–H groups in total. The molecule has 108 valence electrons. The average molecular weight is 297 g/mol. The minimum atomic E-state index is 0.529. The van der Waals surface area contributed by atoms with Crippen molar-refractivity contribution in [1.29, 1.82) is 0 Å². The van der Waals surface area contributed by atoms with Crippen LogP contribution < -0.4 is 5.73 Å². The Morgan fingerprint density at radius 3 is 2.38 bits per heavy atom. The van der Waals surface area contributed by atoms with Gasteiger partial charge >= 0.3 is 0 Å². The lowest BCUT2D eigenvalue weighted by atomic mass is 9.97. The van der Waals surface area contributed by atoms with E-state index < -0.39 is 0 Å². The Morgan fingerprint density at radius 2 is 1.81 bits per heavy atom. The van der Waals surface area contributed by atoms with Gasteiger partial charge in [0, 0.05) is 18.0 Å². The highest BCUT2D eigenvalue weighted by Crippen LogP contribution is 2.37. The number of aromatic nitrogens is 2. The zero-order valence-electron chi connectivity index (χ0n) is 12.5. The summed E-state index contributed by atoms with van der Waals surface area (Å²) in [5.74, 6) is 1.23. The molecule has 0 aliphatic rings. The van der Waals surface area contributed by atoms with Crippen LogP contribution in [0, 0.1) is 0 Å². The van der Waals surface area contributed by atoms with E-state index in [1.54, 1.807) is 16.0 Å². The van der Waals surface area contributed by atoms with Gasteiger partial charge in [0.15, 0.2) is 0 Å². The van der Waals surface area contributed by atoms with Crippen LogP contribution in [0.2, 0.25) is 0 Å². The summed E-state index contributed by atoms with van der Waals surface area (Å²) in [6.45, 7) is 4.40. The van der Waals surface area contributed by atoms with Crippen LogP contribution in [0.3, 0.4) is 0 Å². The summed E-state index contributed by atoms with van der Waals surface area (Å²) in [6.07, 6.45) is 0. The van der Waals surface area contributed by atoms with E-state index in [9.17, 15) is 0 Å². The predicted octanol–water partition coefficient (Wildman–Crippen LogP) is 4.52. The van der Waals surface area contributed by atoms with Gasteiger partial charge in [-0.3, -0.25) is 4.68 Å². The lowest BCUT2D eigenvalue weighted by Gasteiger charge is -2.08. The van der Waals surface area contributed by atoms with Crippen molar-refractivity contribution >= 4 is 17.2 Å². The van der Waals surface area contributed by atoms with Crippen LogP contribution in [0.25, 0.3) is 22.4 Å². The molecule has 0 aliphatic heterocycles. The number of nitrogen functional groups attached to an aromatic ring is 1. The van der Waals surface area contributed by atoms with Crippen molar-refractivity contribution in [2.24, 2.45) is 7.05 Å². The number of aryl methyl sites for hydroxylation is 1. The summed E-state index contributed by atoms with van der Waals surface area (Å²) in [5.41, 5.74) is 11.8. The van der Waals surface area contributed by atoms with Gasteiger partial charge in [-0.05, 0) is 28.5 Å². The zero-order valence-corrected chi connectivity index (χ0v) is 13.3. The maximum atomic E-state index is 6.24. The average Bonchev–Trinajstić information content (AvgIpc) is 3.09. The van der Waals surface area contributed by atoms with Gasteiger partial charge in [0.1, 0.15) is 11.5 Å². The number of hydrogen-bond acceptors (Lipinski definition) is 3. The van der Waals surface area contributed by atoms with E-state index >= 15 is 0 Å². The summed E-state index contributed by atoms with van der Waals surface area (Å²) >= 11 is 1.67. The van der Waals surface area contributed by atoms with E-state index in [1.165, 1.54) is 5.56 Å². The fourth-order valence-electron chi connectivity index (χ4n) is 2.46. The van der Waals surface area contributed by atoms with E-state index in [0.717, 1.165) is 22.4 Å². The summed E-state index contributed by atoms with van der Waals surface area (Å²) in [6, 6.07) is 10.7. The van der Waals surface area contributed by atoms with Crippen LogP contribution in [0.1, 0.15) is 25.3 Å². The number of benzene rings is 1. The molecular formula is C17H19N3S. The van der Waals surface area contributed by atoms with E-state index in [1.807, 2.05) is 7.05 Å². The van der Waals surface area contributed by atoms with Crippen molar-refractivity contribution in [1.82, 2.24) is 9.78 Å². The molecule has 2 heterocycles. The van der Waals surface area contributed by atoms with Gasteiger partial charge in [-0.1, -0.05) is 38.1 Å². The molecule has 4 heteroatoms. The molecule has 0 amide bonds. The highest BCUT2D eigenvalue weighted by atomic mass is 32.1. The Labute approximate surface area is 129 Å². The lowest BCUT2D eigenvalue weighted by Crippen LogP contribution is -1.98. The van der Waals surface area contributed by atoms with Gasteiger partial charge in [0.2, 0.25) is 0 Å². The molecule has 3 aromatic rings. The molecule has 0 radical (unpaired) electrons. The van der Waals surface area contributed by atoms with Crippen LogP contribution >= 0.6 is 11.3 Å². The van der Waals surface area contributed by atoms with Crippen molar-refractivity contribution in [3.8, 4) is 22.4 Å². The second-order valence-corrected chi connectivity index (χ2v) is 6.30. The third-order valence-corrected chi connectivity index (χ3v) is 4.44. The number of rotatable bonds is 3. The maximum Gasteiger partial charge on any atom is 0.129 e. The lowest BCUT2D eigenvalue weighted by molar-refractivity contribution is 0.782. The smallest absolute Gasteiger partial charge is 0.129 e. The van der Waals surface area contributed by atoms with Gasteiger partial charge in [-0.25, -0.2) is 0 Å². The number of hydrogen-bond donors (Lipinski definition) is 1. The van der Waals surface area contributed by atoms with E-state index in [4.69, 9.17) is 5.73 Å². The van der Waals surface area contributed by atoms with E-state index in [0.29, 0.717) is 11.7 Å². The Kier molecular flexibility index (Phi) is 3.55. The van der Waals surface area contributed by atoms with Crippen molar-refractivity contribution in [3.05, 3.63) is 46.7 Å². The van der Waals surface area contributed by atoms with Crippen LogP contribution in [-0.4, -0.2) is 9.78 Å². The first-order valence-corrected chi connectivity index (χ1v) is 7.97. The third kappa shape index (κ3) is 2.47. The topological polar surface area (TPSA) is 43.8 Å². The fourth-order valence-corrected chi connectivity index (χ4v) is 3.10. The molecule has 0 aliphatic carbocycles. The Bertz CT molecular complexity index is 737. The Balaban J connectivity index is 2.13. The number of thiophene rings is 1. The second kappa shape index (κ2) is 5.37. The van der Waals surface area contributed by atoms with Gasteiger partial charge in [-0.2, -0.15) is 16.4 Å². The third-order valence-electron chi connectivity index (χ3n) is 3.75. The molecule has 1 aromatic carbocycles. The normalized spacial score (nSPS) is 11.2. The fraction of sp³-hybridized carbons (Fsp3) is 0.235. The van der Waals surface area contributed by atoms with E-state index in [-0.39, 0.29) is 0 Å². The number of anilines is 1. The Hall–Kier alpha value is -2.07. The predicted molar refractivity (Wildman–Crippen MR) is 90.5 cm³/mol. The molecular weight excluding hydrogens is 278 g/mol. The second-order valence-electron chi connectivity index (χ2n) is 5.52. The van der Waals surface area contributed by atoms with E-state index in [2.05, 4.69) is 60.0 Å². The number of nitrogens with two attached hydrogens (primary N) is 1. The molecule has 2 aromatic heterocycles.